The molecule has 0 aliphatic carbocycles. The largest absolute Gasteiger partial charge is 0.311 e. The van der Waals surface area contributed by atoms with Crippen LogP contribution in [0.15, 0.2) is 109 Å². The molecule has 0 saturated carbocycles. The molecular formula is C42H34N6. The van der Waals surface area contributed by atoms with Gasteiger partial charge in [0.2, 0.25) is 0 Å². The summed E-state index contributed by atoms with van der Waals surface area (Å²) in [5.74, 6) is 0. The van der Waals surface area contributed by atoms with Gasteiger partial charge in [0.05, 0.1) is 40.3 Å². The van der Waals surface area contributed by atoms with Crippen LogP contribution in [0, 0.1) is 27.7 Å². The van der Waals surface area contributed by atoms with Crippen LogP contribution in [0.3, 0.4) is 0 Å². The second kappa shape index (κ2) is 10.8. The first-order valence-electron chi connectivity index (χ1n) is 16.5. The number of rotatable bonds is 4. The Kier molecular flexibility index (Phi) is 6.41. The molecule has 232 valence electrons. The van der Waals surface area contributed by atoms with Crippen LogP contribution in [0.2, 0.25) is 0 Å². The monoisotopic (exact) mass is 622 g/mol. The lowest BCUT2D eigenvalue weighted by atomic mass is 9.95. The number of aromatic nitrogens is 5. The number of aryl methyl sites for hydroxylation is 4. The van der Waals surface area contributed by atoms with Gasteiger partial charge in [0.25, 0.3) is 0 Å². The maximum Gasteiger partial charge on any atom is 0.0725 e. The smallest absolute Gasteiger partial charge is 0.0725 e. The van der Waals surface area contributed by atoms with E-state index >= 15 is 0 Å². The lowest BCUT2D eigenvalue weighted by Gasteiger charge is -2.13. The van der Waals surface area contributed by atoms with E-state index in [1.165, 1.54) is 27.8 Å². The van der Waals surface area contributed by atoms with Crippen molar-refractivity contribution in [2.24, 2.45) is 4.99 Å². The van der Waals surface area contributed by atoms with E-state index in [1.807, 2.05) is 31.0 Å². The molecule has 9 rings (SSSR count). The molecular weight excluding hydrogens is 589 g/mol. The first-order valence-corrected chi connectivity index (χ1v) is 16.5. The van der Waals surface area contributed by atoms with Crippen LogP contribution in [0.25, 0.3) is 66.6 Å². The number of aliphatic imine (C=N–C) groups is 1. The van der Waals surface area contributed by atoms with E-state index in [2.05, 4.69) is 126 Å². The SMILES string of the molecule is Cc1ccc(-n2c3c(c4cc(-c5cc(C)c(-c6cc7c8cnccc8n(-c8ccc(C)cc8)c7cn6)cc5C)ncc42)C=NCC3)cc1. The predicted octanol–water partition coefficient (Wildman–Crippen LogP) is 9.46. The van der Waals surface area contributed by atoms with E-state index in [1.54, 1.807) is 0 Å². The molecule has 3 aromatic carbocycles. The second-order valence-corrected chi connectivity index (χ2v) is 13.0. The maximum absolute atomic E-state index is 5.05. The first-order chi connectivity index (χ1) is 23.4. The average Bonchev–Trinajstić information content (AvgIpc) is 3.62. The summed E-state index contributed by atoms with van der Waals surface area (Å²) in [7, 11) is 0. The molecule has 5 aromatic heterocycles. The zero-order valence-corrected chi connectivity index (χ0v) is 27.5. The summed E-state index contributed by atoms with van der Waals surface area (Å²) in [6.45, 7) is 9.38. The summed E-state index contributed by atoms with van der Waals surface area (Å²) in [5.41, 5.74) is 17.0. The Labute approximate surface area is 279 Å². The Hall–Kier alpha value is -5.88. The summed E-state index contributed by atoms with van der Waals surface area (Å²) >= 11 is 0. The van der Waals surface area contributed by atoms with Gasteiger partial charge in [0.15, 0.2) is 0 Å². The Morgan fingerprint density at radius 2 is 1.15 bits per heavy atom. The molecule has 0 N–H and O–H groups in total. The molecule has 0 spiro atoms. The van der Waals surface area contributed by atoms with Gasteiger partial charge >= 0.3 is 0 Å². The van der Waals surface area contributed by atoms with Crippen molar-refractivity contribution in [2.45, 2.75) is 34.1 Å². The van der Waals surface area contributed by atoms with Gasteiger partial charge < -0.3 is 9.13 Å². The predicted molar refractivity (Wildman–Crippen MR) is 197 cm³/mol. The van der Waals surface area contributed by atoms with Gasteiger partial charge in [-0.15, -0.1) is 0 Å². The third kappa shape index (κ3) is 4.40. The van der Waals surface area contributed by atoms with E-state index in [0.29, 0.717) is 0 Å². The van der Waals surface area contributed by atoms with Crippen molar-refractivity contribution in [2.75, 3.05) is 6.54 Å². The molecule has 6 nitrogen and oxygen atoms in total. The molecule has 0 amide bonds. The Bertz CT molecular complexity index is 2580. The molecule has 1 aliphatic rings. The van der Waals surface area contributed by atoms with Gasteiger partial charge in [-0.2, -0.15) is 0 Å². The molecule has 6 heterocycles. The van der Waals surface area contributed by atoms with Crippen LogP contribution < -0.4 is 0 Å². The van der Waals surface area contributed by atoms with Crippen LogP contribution in [-0.4, -0.2) is 36.8 Å². The average molecular weight is 623 g/mol. The van der Waals surface area contributed by atoms with Crippen molar-refractivity contribution < 1.29 is 0 Å². The number of hydrogen-bond acceptors (Lipinski definition) is 4. The molecule has 1 aliphatic heterocycles. The highest BCUT2D eigenvalue weighted by atomic mass is 15.0. The zero-order chi connectivity index (χ0) is 32.5. The van der Waals surface area contributed by atoms with Gasteiger partial charge in [0.1, 0.15) is 0 Å². The molecule has 0 radical (unpaired) electrons. The molecule has 0 saturated heterocycles. The van der Waals surface area contributed by atoms with Gasteiger partial charge in [-0.1, -0.05) is 35.4 Å². The van der Waals surface area contributed by atoms with Gasteiger partial charge in [-0.3, -0.25) is 19.9 Å². The molecule has 8 aromatic rings. The zero-order valence-electron chi connectivity index (χ0n) is 27.5. The van der Waals surface area contributed by atoms with Gasteiger partial charge in [0, 0.05) is 81.5 Å². The highest BCUT2D eigenvalue weighted by Crippen LogP contribution is 2.38. The van der Waals surface area contributed by atoms with Crippen molar-refractivity contribution in [1.29, 1.82) is 0 Å². The molecule has 0 atom stereocenters. The van der Waals surface area contributed by atoms with Gasteiger partial charge in [-0.25, -0.2) is 0 Å². The van der Waals surface area contributed by atoms with Crippen LogP contribution in [0.4, 0.5) is 0 Å². The van der Waals surface area contributed by atoms with Crippen LogP contribution in [0.1, 0.15) is 33.5 Å². The van der Waals surface area contributed by atoms with Crippen LogP contribution in [0.5, 0.6) is 0 Å². The van der Waals surface area contributed by atoms with E-state index in [4.69, 9.17) is 9.97 Å². The Morgan fingerprint density at radius 1 is 0.562 bits per heavy atom. The summed E-state index contributed by atoms with van der Waals surface area (Å²) in [5, 5.41) is 3.44. The van der Waals surface area contributed by atoms with E-state index < -0.39 is 0 Å². The highest BCUT2D eigenvalue weighted by molar-refractivity contribution is 6.09. The van der Waals surface area contributed by atoms with Crippen LogP contribution >= 0.6 is 0 Å². The minimum atomic E-state index is 0.804. The van der Waals surface area contributed by atoms with E-state index in [0.717, 1.165) is 85.3 Å². The normalized spacial score (nSPS) is 12.8. The van der Waals surface area contributed by atoms with Crippen LogP contribution in [-0.2, 0) is 6.42 Å². The van der Waals surface area contributed by atoms with Crippen molar-refractivity contribution in [1.82, 2.24) is 24.1 Å². The maximum atomic E-state index is 5.05. The number of fused-ring (bicyclic) bond motifs is 6. The van der Waals surface area contributed by atoms with E-state index in [9.17, 15) is 0 Å². The quantitative estimate of drug-likeness (QED) is 0.196. The standard InChI is InChI=1S/C42H34N6/c1-25-5-9-29(10-6-25)47-39-13-15-43-21-35(39)33-19-37(45-23-41(33)47)31-17-28(4)32(18-27(31)3)38-20-34-36-22-44-16-14-40(36)48(42(34)24-46-38)30-11-7-26(2)8-12-30/h5-13,15,17-24H,14,16H2,1-4H3. The lowest BCUT2D eigenvalue weighted by molar-refractivity contribution is 0.874. The van der Waals surface area contributed by atoms with Crippen molar-refractivity contribution >= 4 is 38.9 Å². The van der Waals surface area contributed by atoms with Crippen molar-refractivity contribution in [3.05, 3.63) is 137 Å². The fourth-order valence-corrected chi connectivity index (χ4v) is 7.37. The second-order valence-electron chi connectivity index (χ2n) is 13.0. The fraction of sp³-hybridized carbons (Fsp3) is 0.143. The lowest BCUT2D eigenvalue weighted by Crippen LogP contribution is -2.07. The van der Waals surface area contributed by atoms with Crippen molar-refractivity contribution in [3.8, 4) is 33.9 Å². The topological polar surface area (TPSA) is 60.9 Å². The highest BCUT2D eigenvalue weighted by Gasteiger charge is 2.21. The summed E-state index contributed by atoms with van der Waals surface area (Å²) < 4.78 is 4.64. The minimum Gasteiger partial charge on any atom is -0.311 e. The molecule has 0 unspecified atom stereocenters. The number of hydrogen-bond donors (Lipinski definition) is 0. The third-order valence-electron chi connectivity index (χ3n) is 9.85. The van der Waals surface area contributed by atoms with Crippen molar-refractivity contribution in [3.63, 3.8) is 0 Å². The third-order valence-corrected chi connectivity index (χ3v) is 9.85. The summed E-state index contributed by atoms with van der Waals surface area (Å²) in [6, 6.07) is 28.4. The molecule has 6 heteroatoms. The summed E-state index contributed by atoms with van der Waals surface area (Å²) in [6.07, 6.45) is 10.8. The Morgan fingerprint density at radius 3 is 1.79 bits per heavy atom. The van der Waals surface area contributed by atoms with Gasteiger partial charge in [-0.05, 0) is 93.4 Å². The van der Waals surface area contributed by atoms with E-state index in [-0.39, 0.29) is 0 Å². The Balaban J connectivity index is 1.15. The number of pyridine rings is 3. The molecule has 0 fully saturated rings. The number of nitrogens with zero attached hydrogens (tertiary/aromatic N) is 6. The fourth-order valence-electron chi connectivity index (χ4n) is 7.37. The molecule has 48 heavy (non-hydrogen) atoms. The molecule has 0 bridgehead atoms. The summed E-state index contributed by atoms with van der Waals surface area (Å²) in [4.78, 5) is 19.2. The minimum absolute atomic E-state index is 0.804. The first kappa shape index (κ1) is 28.4. The number of benzene rings is 3.